The molecule has 2 heterocycles. The molecular weight excluding hydrogens is 792 g/mol. The van der Waals surface area contributed by atoms with Gasteiger partial charge in [-0.2, -0.15) is 26.8 Å². The third kappa shape index (κ3) is 13.0. The monoisotopic (exact) mass is 823 g/mol. The number of aromatic nitrogens is 2. The summed E-state index contributed by atoms with van der Waals surface area (Å²) in [6, 6.07) is 3.73. The molecule has 2 aromatic rings. The van der Waals surface area contributed by atoms with Gasteiger partial charge in [0.25, 0.3) is 5.69 Å². The van der Waals surface area contributed by atoms with E-state index in [1.165, 1.54) is 12.1 Å². The number of rotatable bonds is 15. The standard InChI is InChI=1S/C25H31F3N5O17P3/c1-13(2)21(16-6-5-14(8-17(16)33(37)38)4-3-7-30-23(35)25(26,27)28)46-11-15-10-32(24(36)31-22(15)29)20-9-18(34)19(48-20)12-47-52(42,43)50-53(44,45)49-51(39,40)41/h5-6,8,10,13,18-21,34H,7,9,11-12H2,1-2H3,(H,30,35)(H,42,43)(H,44,45)(H2,29,31,36)(H2,39,40,41)/t18-,19-,20-,21?/m1/s1. The van der Waals surface area contributed by atoms with Gasteiger partial charge in [-0.15, -0.1) is 0 Å². The Morgan fingerprint density at radius 1 is 1.21 bits per heavy atom. The molecule has 1 saturated heterocycles. The Morgan fingerprint density at radius 3 is 2.45 bits per heavy atom. The van der Waals surface area contributed by atoms with Crippen molar-refractivity contribution < 1.29 is 83.9 Å². The van der Waals surface area contributed by atoms with Gasteiger partial charge in [-0.05, 0) is 18.1 Å². The fourth-order valence-corrected chi connectivity index (χ4v) is 7.59. The zero-order chi connectivity index (χ0) is 40.1. The van der Waals surface area contributed by atoms with E-state index in [1.807, 2.05) is 0 Å². The van der Waals surface area contributed by atoms with Crippen molar-refractivity contribution in [2.24, 2.45) is 5.92 Å². The summed E-state index contributed by atoms with van der Waals surface area (Å²) in [7, 11) is -17.0. The van der Waals surface area contributed by atoms with Gasteiger partial charge >= 0.3 is 41.2 Å². The zero-order valence-electron chi connectivity index (χ0n) is 27.1. The predicted octanol–water partition coefficient (Wildman–Crippen LogP) is 1.67. The molecule has 0 spiro atoms. The molecule has 3 rings (SSSR count). The number of hydrogen-bond acceptors (Lipinski definition) is 15. The first-order valence-electron chi connectivity index (χ1n) is 14.5. The maximum atomic E-state index is 12.7. The van der Waals surface area contributed by atoms with Crippen LogP contribution in [0.1, 0.15) is 49.3 Å². The number of nitro groups is 1. The minimum absolute atomic E-state index is 0.0452. The summed E-state index contributed by atoms with van der Waals surface area (Å²) < 4.78 is 95.5. The number of amides is 1. The molecule has 22 nitrogen and oxygen atoms in total. The van der Waals surface area contributed by atoms with Crippen LogP contribution in [0.5, 0.6) is 0 Å². The van der Waals surface area contributed by atoms with E-state index in [0.29, 0.717) is 0 Å². The lowest BCUT2D eigenvalue weighted by Crippen LogP contribution is -2.36. The summed E-state index contributed by atoms with van der Waals surface area (Å²) in [6.07, 6.45) is -9.58. The summed E-state index contributed by atoms with van der Waals surface area (Å²) in [5, 5.41) is 23.9. The lowest BCUT2D eigenvalue weighted by Gasteiger charge is -2.23. The van der Waals surface area contributed by atoms with Crippen molar-refractivity contribution >= 4 is 40.9 Å². The number of phosphoric acid groups is 3. The number of carbonyl (C=O) groups is 1. The number of benzene rings is 1. The van der Waals surface area contributed by atoms with Crippen LogP contribution in [0.25, 0.3) is 0 Å². The van der Waals surface area contributed by atoms with Crippen molar-refractivity contribution in [3.8, 4) is 11.8 Å². The summed E-state index contributed by atoms with van der Waals surface area (Å²) in [5.74, 6) is 1.75. The van der Waals surface area contributed by atoms with Crippen LogP contribution in [-0.4, -0.2) is 76.6 Å². The van der Waals surface area contributed by atoms with E-state index >= 15 is 0 Å². The number of aliphatic hydroxyl groups excluding tert-OH is 1. The first kappa shape index (κ1) is 43.8. The van der Waals surface area contributed by atoms with Crippen molar-refractivity contribution in [3.05, 3.63) is 61.7 Å². The van der Waals surface area contributed by atoms with Gasteiger partial charge in [0.2, 0.25) is 0 Å². The Morgan fingerprint density at radius 2 is 1.87 bits per heavy atom. The van der Waals surface area contributed by atoms with E-state index < -0.39 is 102 Å². The molecule has 1 fully saturated rings. The molecule has 1 aromatic carbocycles. The first-order chi connectivity index (χ1) is 24.3. The Labute approximate surface area is 295 Å². The van der Waals surface area contributed by atoms with E-state index in [9.17, 15) is 61.5 Å². The van der Waals surface area contributed by atoms with Crippen molar-refractivity contribution in [1.29, 1.82) is 0 Å². The molecule has 0 radical (unpaired) electrons. The summed E-state index contributed by atoms with van der Waals surface area (Å²) in [4.78, 5) is 74.8. The van der Waals surface area contributed by atoms with E-state index in [-0.39, 0.29) is 28.9 Å². The van der Waals surface area contributed by atoms with Crippen LogP contribution in [-0.2, 0) is 47.7 Å². The number of aliphatic hydroxyl groups is 1. The molecule has 1 aromatic heterocycles. The number of phosphoric ester groups is 1. The number of nitrogens with one attached hydrogen (secondary N) is 1. The highest BCUT2D eigenvalue weighted by Crippen LogP contribution is 2.66. The van der Waals surface area contributed by atoms with Crippen molar-refractivity contribution in [2.45, 2.75) is 57.6 Å². The smallest absolute Gasteiger partial charge is 0.390 e. The molecule has 6 atom stereocenters. The van der Waals surface area contributed by atoms with Crippen molar-refractivity contribution in [3.63, 3.8) is 0 Å². The molecule has 0 bridgehead atoms. The first-order valence-corrected chi connectivity index (χ1v) is 19.0. The number of ether oxygens (including phenoxy) is 2. The summed E-state index contributed by atoms with van der Waals surface area (Å²) >= 11 is 0. The Bertz CT molecular complexity index is 1960. The zero-order valence-corrected chi connectivity index (χ0v) is 29.7. The molecule has 3 unspecified atom stereocenters. The van der Waals surface area contributed by atoms with Gasteiger partial charge in [-0.25, -0.2) is 18.5 Å². The van der Waals surface area contributed by atoms with Gasteiger partial charge < -0.3 is 45.2 Å². The molecule has 0 saturated carbocycles. The maximum absolute atomic E-state index is 12.7. The fraction of sp³-hybridized carbons (Fsp3) is 0.480. The fourth-order valence-electron chi connectivity index (χ4n) is 4.56. The number of nitrogens with zero attached hydrogens (tertiary/aromatic N) is 3. The quantitative estimate of drug-likeness (QED) is 0.0581. The Hall–Kier alpha value is -3.59. The highest BCUT2D eigenvalue weighted by Gasteiger charge is 2.43. The summed E-state index contributed by atoms with van der Waals surface area (Å²) in [6.45, 7) is 1.25. The second-order valence-electron chi connectivity index (χ2n) is 11.1. The van der Waals surface area contributed by atoms with Gasteiger partial charge in [-0.1, -0.05) is 25.7 Å². The maximum Gasteiger partial charge on any atom is 0.490 e. The average Bonchev–Trinajstić information content (AvgIpc) is 3.36. The molecule has 0 aliphatic carbocycles. The number of nitro benzene ring substituents is 1. The Kier molecular flexibility index (Phi) is 14.3. The second-order valence-corrected chi connectivity index (χ2v) is 15.6. The largest absolute Gasteiger partial charge is 0.490 e. The number of anilines is 1. The van der Waals surface area contributed by atoms with E-state index in [2.05, 4.69) is 30.0 Å². The average molecular weight is 823 g/mol. The van der Waals surface area contributed by atoms with Gasteiger partial charge in [0.05, 0.1) is 42.5 Å². The van der Waals surface area contributed by atoms with Crippen LogP contribution in [0, 0.1) is 27.9 Å². The van der Waals surface area contributed by atoms with E-state index in [4.69, 9.17) is 25.0 Å². The lowest BCUT2D eigenvalue weighted by atomic mass is 9.96. The number of nitrogen functional groups attached to an aromatic ring is 1. The number of carbonyl (C=O) groups excluding carboxylic acids is 1. The molecular formula is C25H31F3N5O17P3. The topological polar surface area (TPSA) is 332 Å². The van der Waals surface area contributed by atoms with Gasteiger partial charge in [0.1, 0.15) is 18.1 Å². The van der Waals surface area contributed by atoms with E-state index in [0.717, 1.165) is 16.8 Å². The highest BCUT2D eigenvalue weighted by molar-refractivity contribution is 7.66. The third-order valence-electron chi connectivity index (χ3n) is 6.78. The molecule has 1 aliphatic rings. The van der Waals surface area contributed by atoms with Crippen molar-refractivity contribution in [2.75, 3.05) is 18.9 Å². The number of hydrogen-bond donors (Lipinski definition) is 7. The van der Waals surface area contributed by atoms with E-state index in [1.54, 1.807) is 19.2 Å². The molecule has 1 amide bonds. The van der Waals surface area contributed by atoms with Gasteiger partial charge in [0, 0.05) is 29.8 Å². The highest BCUT2D eigenvalue weighted by atomic mass is 31.3. The normalized spacial score (nSPS) is 20.5. The molecule has 53 heavy (non-hydrogen) atoms. The molecule has 8 N–H and O–H groups in total. The van der Waals surface area contributed by atoms with Crippen LogP contribution < -0.4 is 16.7 Å². The number of alkyl halides is 3. The second kappa shape index (κ2) is 17.3. The SMILES string of the molecule is CC(C)C(OCc1cn([C@H]2C[C@@H](O)[C@@H](COP(=O)(O)OP(=O)(O)OP(=O)(O)O)O2)c(=O)nc1N)c1ccc(C#CCNC(=O)C(F)(F)F)cc1[N+](=O)[O-]. The van der Waals surface area contributed by atoms with Crippen LogP contribution in [0.3, 0.4) is 0 Å². The minimum atomic E-state index is -5.81. The molecule has 28 heteroatoms. The summed E-state index contributed by atoms with van der Waals surface area (Å²) in [5.41, 5.74) is 4.67. The van der Waals surface area contributed by atoms with Gasteiger partial charge in [0.15, 0.2) is 0 Å². The number of nitrogens with two attached hydrogens (primary N) is 1. The molecule has 1 aliphatic heterocycles. The van der Waals surface area contributed by atoms with Crippen LogP contribution in [0.15, 0.2) is 29.2 Å². The minimum Gasteiger partial charge on any atom is -0.390 e. The van der Waals surface area contributed by atoms with Gasteiger partial charge in [-0.3, -0.25) is 24.0 Å². The molecule has 294 valence electrons. The third-order valence-corrected chi connectivity index (χ3v) is 10.6. The van der Waals surface area contributed by atoms with Crippen LogP contribution in [0.2, 0.25) is 0 Å². The number of halogens is 3. The predicted molar refractivity (Wildman–Crippen MR) is 169 cm³/mol. The van der Waals surface area contributed by atoms with Crippen LogP contribution >= 0.6 is 23.5 Å². The lowest BCUT2D eigenvalue weighted by molar-refractivity contribution is -0.386. The van der Waals surface area contributed by atoms with Crippen LogP contribution in [0.4, 0.5) is 24.7 Å². The van der Waals surface area contributed by atoms with Crippen molar-refractivity contribution in [1.82, 2.24) is 14.9 Å². The Balaban J connectivity index is 1.75.